The number of carbonyl (C=O) groups excluding carboxylic acids is 1. The van der Waals surface area contributed by atoms with Crippen molar-refractivity contribution in [1.29, 1.82) is 0 Å². The molecule has 0 saturated carbocycles. The fourth-order valence-corrected chi connectivity index (χ4v) is 4.65. The van der Waals surface area contributed by atoms with Gasteiger partial charge < -0.3 is 4.74 Å². The van der Waals surface area contributed by atoms with Crippen molar-refractivity contribution in [3.8, 4) is 0 Å². The number of unbranched alkanes of at least 4 members (excludes halogenated alkanes) is 12. The monoisotopic (exact) mass is 436 g/mol. The zero-order chi connectivity index (χ0) is 22.9. The number of ether oxygens (including phenoxy) is 1. The second-order valence-electron chi connectivity index (χ2n) is 9.07. The first kappa shape index (κ1) is 26.2. The van der Waals surface area contributed by atoms with E-state index in [0.29, 0.717) is 5.56 Å². The molecule has 2 aromatic rings. The summed E-state index contributed by atoms with van der Waals surface area (Å²) in [7, 11) is 1.46. The highest BCUT2D eigenvalue weighted by atomic mass is 16.5. The van der Waals surface area contributed by atoms with Crippen LogP contribution in [-0.2, 0) is 4.74 Å². The van der Waals surface area contributed by atoms with E-state index in [1.165, 1.54) is 96.1 Å². The molecule has 2 aromatic carbocycles. The van der Waals surface area contributed by atoms with E-state index < -0.39 is 0 Å². The van der Waals surface area contributed by atoms with Gasteiger partial charge in [0.05, 0.1) is 12.7 Å². The van der Waals surface area contributed by atoms with E-state index in [1.54, 1.807) is 0 Å². The van der Waals surface area contributed by atoms with Gasteiger partial charge in [-0.15, -0.1) is 0 Å². The molecule has 32 heavy (non-hydrogen) atoms. The van der Waals surface area contributed by atoms with Crippen LogP contribution < -0.4 is 0 Å². The molecule has 2 nitrogen and oxygen atoms in total. The highest BCUT2D eigenvalue weighted by molar-refractivity contribution is 5.91. The Kier molecular flexibility index (Phi) is 13.5. The molecule has 0 radical (unpaired) electrons. The maximum absolute atomic E-state index is 12.3. The zero-order valence-corrected chi connectivity index (χ0v) is 20.5. The lowest BCUT2D eigenvalue weighted by molar-refractivity contribution is 0.0599. The predicted molar refractivity (Wildman–Crippen MR) is 136 cm³/mol. The molecule has 0 aliphatic heterocycles. The molecule has 1 atom stereocenters. The average molecular weight is 437 g/mol. The van der Waals surface area contributed by atoms with Crippen molar-refractivity contribution >= 4 is 5.97 Å². The Labute approximate surface area is 196 Å². The Hall–Kier alpha value is -2.09. The van der Waals surface area contributed by atoms with Gasteiger partial charge in [0.2, 0.25) is 0 Å². The van der Waals surface area contributed by atoms with Crippen molar-refractivity contribution in [2.75, 3.05) is 7.11 Å². The van der Waals surface area contributed by atoms with Gasteiger partial charge in [-0.2, -0.15) is 0 Å². The van der Waals surface area contributed by atoms with Gasteiger partial charge in [0.25, 0.3) is 0 Å². The summed E-state index contributed by atoms with van der Waals surface area (Å²) in [5, 5.41) is 0. The van der Waals surface area contributed by atoms with Crippen LogP contribution in [0.4, 0.5) is 0 Å². The van der Waals surface area contributed by atoms with Gasteiger partial charge in [-0.3, -0.25) is 0 Å². The maximum Gasteiger partial charge on any atom is 0.338 e. The molecule has 0 saturated heterocycles. The quantitative estimate of drug-likeness (QED) is 0.182. The van der Waals surface area contributed by atoms with Crippen LogP contribution in [0.5, 0.6) is 0 Å². The van der Waals surface area contributed by atoms with Crippen molar-refractivity contribution < 1.29 is 9.53 Å². The number of esters is 1. The van der Waals surface area contributed by atoms with Gasteiger partial charge in [-0.05, 0) is 23.6 Å². The molecule has 0 aliphatic carbocycles. The number of benzene rings is 2. The van der Waals surface area contributed by atoms with Crippen LogP contribution in [-0.4, -0.2) is 13.1 Å². The van der Waals surface area contributed by atoms with Crippen LogP contribution in [0.1, 0.15) is 124 Å². The number of hydrogen-bond acceptors (Lipinski definition) is 2. The third-order valence-corrected chi connectivity index (χ3v) is 6.54. The van der Waals surface area contributed by atoms with Crippen molar-refractivity contribution in [1.82, 2.24) is 0 Å². The van der Waals surface area contributed by atoms with Crippen molar-refractivity contribution in [3.63, 3.8) is 0 Å². The molecule has 0 heterocycles. The van der Waals surface area contributed by atoms with E-state index in [1.807, 2.05) is 18.2 Å². The van der Waals surface area contributed by atoms with Crippen LogP contribution in [0.2, 0.25) is 0 Å². The summed E-state index contributed by atoms with van der Waals surface area (Å²) < 4.78 is 5.05. The van der Waals surface area contributed by atoms with E-state index in [4.69, 9.17) is 4.74 Å². The molecule has 2 heteroatoms. The molecule has 0 spiro atoms. The van der Waals surface area contributed by atoms with E-state index in [9.17, 15) is 4.79 Å². The maximum atomic E-state index is 12.3. The normalized spacial score (nSPS) is 11.9. The number of hydrogen-bond donors (Lipinski definition) is 0. The van der Waals surface area contributed by atoms with Gasteiger partial charge >= 0.3 is 5.97 Å². The third-order valence-electron chi connectivity index (χ3n) is 6.54. The smallest absolute Gasteiger partial charge is 0.338 e. The van der Waals surface area contributed by atoms with Gasteiger partial charge in [-0.25, -0.2) is 4.79 Å². The Balaban J connectivity index is 1.75. The predicted octanol–water partition coefficient (Wildman–Crippen LogP) is 9.09. The Morgan fingerprint density at radius 2 is 1.19 bits per heavy atom. The fourth-order valence-electron chi connectivity index (χ4n) is 4.65. The van der Waals surface area contributed by atoms with Crippen molar-refractivity contribution in [3.05, 3.63) is 71.3 Å². The molecule has 0 bridgehead atoms. The highest BCUT2D eigenvalue weighted by Gasteiger charge is 2.20. The molecule has 1 unspecified atom stereocenters. The fraction of sp³-hybridized carbons (Fsp3) is 0.567. The molecular weight excluding hydrogens is 392 g/mol. The Bertz CT molecular complexity index is 738. The second-order valence-corrected chi connectivity index (χ2v) is 9.07. The van der Waals surface area contributed by atoms with Gasteiger partial charge in [0.1, 0.15) is 0 Å². The standard InChI is InChI=1S/C30H44O2/c1-3-4-5-6-7-8-9-10-11-12-13-14-18-23-27(26-21-16-15-17-22-26)28-24-19-20-25-29(28)30(31)32-2/h15-17,19-22,24-25,27H,3-14,18,23H2,1-2H3. The van der Waals surface area contributed by atoms with Gasteiger partial charge in [0, 0.05) is 5.92 Å². The first-order chi connectivity index (χ1) is 15.8. The van der Waals surface area contributed by atoms with E-state index in [-0.39, 0.29) is 11.9 Å². The molecule has 0 amide bonds. The molecule has 0 fully saturated rings. The number of methoxy groups -OCH3 is 1. The van der Waals surface area contributed by atoms with Crippen LogP contribution in [0, 0.1) is 0 Å². The lowest BCUT2D eigenvalue weighted by atomic mass is 9.84. The lowest BCUT2D eigenvalue weighted by Crippen LogP contribution is -2.10. The summed E-state index contributed by atoms with van der Waals surface area (Å²) in [5.74, 6) is -0.00824. The van der Waals surface area contributed by atoms with Gasteiger partial charge in [0.15, 0.2) is 0 Å². The first-order valence-corrected chi connectivity index (χ1v) is 13.0. The summed E-state index contributed by atoms with van der Waals surface area (Å²) >= 11 is 0. The minimum atomic E-state index is -0.244. The molecule has 0 N–H and O–H groups in total. The molecule has 176 valence electrons. The average Bonchev–Trinajstić information content (AvgIpc) is 2.84. The van der Waals surface area contributed by atoms with Crippen LogP contribution in [0.3, 0.4) is 0 Å². The highest BCUT2D eigenvalue weighted by Crippen LogP contribution is 2.32. The van der Waals surface area contributed by atoms with E-state index >= 15 is 0 Å². The molecular formula is C30H44O2. The summed E-state index contributed by atoms with van der Waals surface area (Å²) in [5.41, 5.74) is 3.06. The summed E-state index contributed by atoms with van der Waals surface area (Å²) in [6, 6.07) is 18.5. The minimum absolute atomic E-state index is 0.235. The lowest BCUT2D eigenvalue weighted by Gasteiger charge is -2.20. The molecule has 0 aromatic heterocycles. The largest absolute Gasteiger partial charge is 0.465 e. The summed E-state index contributed by atoms with van der Waals surface area (Å²) in [4.78, 5) is 12.3. The van der Waals surface area contributed by atoms with E-state index in [0.717, 1.165) is 12.0 Å². The van der Waals surface area contributed by atoms with Crippen LogP contribution >= 0.6 is 0 Å². The topological polar surface area (TPSA) is 26.3 Å². The number of carbonyl (C=O) groups is 1. The SMILES string of the molecule is CCCCCCCCCCCCCCCC(c1ccccc1)c1ccccc1C(=O)OC. The van der Waals surface area contributed by atoms with E-state index in [2.05, 4.69) is 43.3 Å². The number of rotatable bonds is 17. The van der Waals surface area contributed by atoms with Crippen LogP contribution in [0.15, 0.2) is 54.6 Å². The molecule has 0 aliphatic rings. The Morgan fingerprint density at radius 3 is 1.75 bits per heavy atom. The van der Waals surface area contributed by atoms with Gasteiger partial charge in [-0.1, -0.05) is 139 Å². The third kappa shape index (κ3) is 9.59. The molecule has 2 rings (SSSR count). The Morgan fingerprint density at radius 1 is 0.688 bits per heavy atom. The van der Waals surface area contributed by atoms with Crippen molar-refractivity contribution in [2.45, 2.75) is 103 Å². The summed E-state index contributed by atoms with van der Waals surface area (Å²) in [6.45, 7) is 2.28. The van der Waals surface area contributed by atoms with Crippen LogP contribution in [0.25, 0.3) is 0 Å². The second kappa shape index (κ2) is 16.5. The first-order valence-electron chi connectivity index (χ1n) is 13.0. The summed E-state index contributed by atoms with van der Waals surface area (Å²) in [6.07, 6.45) is 18.8. The van der Waals surface area contributed by atoms with Crippen molar-refractivity contribution in [2.24, 2.45) is 0 Å². The zero-order valence-electron chi connectivity index (χ0n) is 20.5. The minimum Gasteiger partial charge on any atom is -0.465 e.